The predicted octanol–water partition coefficient (Wildman–Crippen LogP) is 3.19. The summed E-state index contributed by atoms with van der Waals surface area (Å²) in [5, 5.41) is 4.21. The lowest BCUT2D eigenvalue weighted by Gasteiger charge is -2.08. The van der Waals surface area contributed by atoms with Gasteiger partial charge in [-0.2, -0.15) is 0 Å². The van der Waals surface area contributed by atoms with Gasteiger partial charge in [-0.25, -0.2) is 19.4 Å². The largest absolute Gasteiger partial charge is 0.573 e. The lowest BCUT2D eigenvalue weighted by Crippen LogP contribution is -2.17. The molecule has 2 aromatic heterocycles. The second-order valence-corrected chi connectivity index (χ2v) is 5.27. The van der Waals surface area contributed by atoms with Gasteiger partial charge >= 0.3 is 12.5 Å². The quantitative estimate of drug-likeness (QED) is 0.716. The topological polar surface area (TPSA) is 105 Å². The maximum atomic E-state index is 12.2. The van der Waals surface area contributed by atoms with Gasteiger partial charge in [0, 0.05) is 12.3 Å². The number of aromatic nitrogens is 4. The summed E-state index contributed by atoms with van der Waals surface area (Å²) in [5.41, 5.74) is 6.10. The van der Waals surface area contributed by atoms with Crippen molar-refractivity contribution in [2.75, 3.05) is 0 Å². The molecule has 0 fully saturated rings. The normalized spacial score (nSPS) is 11.5. The van der Waals surface area contributed by atoms with Crippen LogP contribution in [0.1, 0.15) is 11.4 Å². The number of amides is 1. The Balaban J connectivity index is 1.66. The zero-order valence-corrected chi connectivity index (χ0v) is 14.0. The third-order valence-electron chi connectivity index (χ3n) is 3.23. The molecule has 0 aliphatic rings. The first-order valence-corrected chi connectivity index (χ1v) is 7.68. The number of carbonyl (C=O) groups is 1. The van der Waals surface area contributed by atoms with Crippen molar-refractivity contribution in [2.45, 2.75) is 6.36 Å². The van der Waals surface area contributed by atoms with Crippen LogP contribution in [0.4, 0.5) is 18.0 Å². The highest BCUT2D eigenvalue weighted by Gasteiger charge is 2.30. The highest BCUT2D eigenvalue weighted by Crippen LogP contribution is 2.23. The molecule has 0 atom stereocenters. The van der Waals surface area contributed by atoms with Crippen molar-refractivity contribution in [1.29, 1.82) is 0 Å². The van der Waals surface area contributed by atoms with Gasteiger partial charge in [0.2, 0.25) is 5.88 Å². The molecule has 0 spiro atoms. The fourth-order valence-corrected chi connectivity index (χ4v) is 2.10. The second kappa shape index (κ2) is 7.78. The molecule has 0 unspecified atom stereocenters. The van der Waals surface area contributed by atoms with E-state index in [1.54, 1.807) is 18.2 Å². The minimum Gasteiger partial charge on any atom is -0.406 e. The first kappa shape index (κ1) is 18.9. The van der Waals surface area contributed by atoms with Crippen LogP contribution in [0.2, 0.25) is 0 Å². The number of nitrogens with two attached hydrogens (primary N) is 1. The van der Waals surface area contributed by atoms with Crippen LogP contribution in [0.3, 0.4) is 0 Å². The van der Waals surface area contributed by atoms with E-state index >= 15 is 0 Å². The molecule has 0 aliphatic heterocycles. The van der Waals surface area contributed by atoms with Gasteiger partial charge in [0.25, 0.3) is 0 Å². The highest BCUT2D eigenvalue weighted by atomic mass is 19.4. The number of ether oxygens (including phenoxy) is 2. The number of hydrogen-bond acceptors (Lipinski definition) is 6. The fraction of sp³-hybridized carbons (Fsp3) is 0.0588. The molecule has 1 amide bonds. The van der Waals surface area contributed by atoms with Gasteiger partial charge in [0.15, 0.2) is 5.82 Å². The molecule has 0 radical (unpaired) electrons. The Morgan fingerprint density at radius 1 is 1.07 bits per heavy atom. The van der Waals surface area contributed by atoms with Crippen LogP contribution in [0.5, 0.6) is 11.6 Å². The summed E-state index contributed by atoms with van der Waals surface area (Å²) >= 11 is 0. The van der Waals surface area contributed by atoms with Gasteiger partial charge < -0.3 is 15.2 Å². The molecule has 28 heavy (non-hydrogen) atoms. The van der Waals surface area contributed by atoms with E-state index in [1.165, 1.54) is 47.5 Å². The molecule has 11 heteroatoms. The fourth-order valence-electron chi connectivity index (χ4n) is 2.10. The summed E-state index contributed by atoms with van der Waals surface area (Å²) in [5.74, 6) is 0.117. The third kappa shape index (κ3) is 5.30. The summed E-state index contributed by atoms with van der Waals surface area (Å²) < 4.78 is 46.4. The maximum Gasteiger partial charge on any atom is 0.573 e. The Kier molecular flexibility index (Phi) is 5.25. The van der Waals surface area contributed by atoms with Crippen LogP contribution < -0.4 is 15.2 Å². The van der Waals surface area contributed by atoms with Crippen molar-refractivity contribution in [3.05, 3.63) is 60.3 Å². The number of alkyl halides is 3. The van der Waals surface area contributed by atoms with E-state index in [0.717, 1.165) is 0 Å². The lowest BCUT2D eigenvalue weighted by molar-refractivity contribution is -0.274. The summed E-state index contributed by atoms with van der Waals surface area (Å²) in [7, 11) is 0. The minimum atomic E-state index is -4.74. The number of halogens is 3. The van der Waals surface area contributed by atoms with Crippen LogP contribution in [0.15, 0.2) is 48.9 Å². The number of primary amides is 1. The van der Waals surface area contributed by atoms with Crippen LogP contribution >= 0.6 is 0 Å². The zero-order valence-electron chi connectivity index (χ0n) is 14.0. The van der Waals surface area contributed by atoms with Crippen LogP contribution in [-0.4, -0.2) is 32.2 Å². The molecule has 3 aromatic rings. The molecular formula is C17H12F3N5O3. The van der Waals surface area contributed by atoms with E-state index in [9.17, 15) is 18.0 Å². The Bertz CT molecular complexity index is 983. The molecule has 1 aromatic carbocycles. The molecule has 144 valence electrons. The molecule has 2 heterocycles. The highest BCUT2D eigenvalue weighted by molar-refractivity contribution is 5.68. The van der Waals surface area contributed by atoms with E-state index in [2.05, 4.69) is 24.5 Å². The third-order valence-corrected chi connectivity index (χ3v) is 3.23. The van der Waals surface area contributed by atoms with Crippen molar-refractivity contribution in [3.8, 4) is 17.3 Å². The second-order valence-electron chi connectivity index (χ2n) is 5.27. The Hall–Kier alpha value is -3.89. The predicted molar refractivity (Wildman–Crippen MR) is 91.4 cm³/mol. The molecule has 8 nitrogen and oxygen atoms in total. The Morgan fingerprint density at radius 2 is 1.82 bits per heavy atom. The summed E-state index contributed by atoms with van der Waals surface area (Å²) in [6, 6.07) is 8.33. The molecule has 0 bridgehead atoms. The van der Waals surface area contributed by atoms with Crippen molar-refractivity contribution in [2.24, 2.45) is 5.73 Å². The van der Waals surface area contributed by atoms with E-state index < -0.39 is 12.5 Å². The smallest absolute Gasteiger partial charge is 0.406 e. The van der Waals surface area contributed by atoms with E-state index in [1.807, 2.05) is 0 Å². The van der Waals surface area contributed by atoms with Gasteiger partial charge in [-0.3, -0.25) is 0 Å². The minimum absolute atomic E-state index is 0.0741. The summed E-state index contributed by atoms with van der Waals surface area (Å²) in [6.45, 7) is 0. The van der Waals surface area contributed by atoms with Crippen molar-refractivity contribution in [1.82, 2.24) is 19.7 Å². The standard InChI is InChI=1S/C17H12F3N5O3/c18-17(19,20)28-13-5-3-12(4-6-13)25-10-23-14(24-25)7-1-11-2-8-15(22-9-11)27-16(21)26/h1-10H,(H2,21,26)/b7-1+. The first-order valence-electron chi connectivity index (χ1n) is 7.68. The number of benzene rings is 1. The van der Waals surface area contributed by atoms with Gasteiger partial charge in [-0.05, 0) is 48.0 Å². The Morgan fingerprint density at radius 3 is 2.43 bits per heavy atom. The van der Waals surface area contributed by atoms with Crippen molar-refractivity contribution in [3.63, 3.8) is 0 Å². The monoisotopic (exact) mass is 391 g/mol. The average Bonchev–Trinajstić information content (AvgIpc) is 3.09. The number of carbonyl (C=O) groups excluding carboxylic acids is 1. The van der Waals surface area contributed by atoms with Gasteiger partial charge in [-0.1, -0.05) is 0 Å². The molecule has 3 rings (SSSR count). The van der Waals surface area contributed by atoms with E-state index in [0.29, 0.717) is 17.1 Å². The van der Waals surface area contributed by atoms with Gasteiger partial charge in [0.1, 0.15) is 12.1 Å². The Labute approximate surface area is 156 Å². The van der Waals surface area contributed by atoms with E-state index in [-0.39, 0.29) is 11.6 Å². The number of rotatable bonds is 5. The van der Waals surface area contributed by atoms with Crippen molar-refractivity contribution < 1.29 is 27.4 Å². The van der Waals surface area contributed by atoms with Crippen LogP contribution in [-0.2, 0) is 0 Å². The van der Waals surface area contributed by atoms with E-state index in [4.69, 9.17) is 5.73 Å². The summed E-state index contributed by atoms with van der Waals surface area (Å²) in [4.78, 5) is 18.6. The lowest BCUT2D eigenvalue weighted by atomic mass is 10.2. The maximum absolute atomic E-state index is 12.2. The molecule has 2 N–H and O–H groups in total. The van der Waals surface area contributed by atoms with Gasteiger partial charge in [0.05, 0.1) is 5.69 Å². The average molecular weight is 391 g/mol. The first-order chi connectivity index (χ1) is 13.3. The summed E-state index contributed by atoms with van der Waals surface area (Å²) in [6.07, 6.45) is 0.478. The van der Waals surface area contributed by atoms with Crippen LogP contribution in [0.25, 0.3) is 17.8 Å². The number of hydrogen-bond donors (Lipinski definition) is 1. The van der Waals surface area contributed by atoms with Gasteiger partial charge in [-0.15, -0.1) is 18.3 Å². The number of pyridine rings is 1. The molecule has 0 saturated heterocycles. The molecule has 0 saturated carbocycles. The molecule has 0 aliphatic carbocycles. The van der Waals surface area contributed by atoms with Crippen molar-refractivity contribution >= 4 is 18.2 Å². The number of nitrogens with zero attached hydrogens (tertiary/aromatic N) is 4. The SMILES string of the molecule is NC(=O)Oc1ccc(/C=C/c2ncn(-c3ccc(OC(F)(F)F)cc3)n2)cn1. The van der Waals surface area contributed by atoms with Crippen LogP contribution in [0, 0.1) is 0 Å². The zero-order chi connectivity index (χ0) is 20.1. The molecular weight excluding hydrogens is 379 g/mol.